The minimum atomic E-state index is 0.812. The van der Waals surface area contributed by atoms with Gasteiger partial charge in [0.2, 0.25) is 11.5 Å². The summed E-state index contributed by atoms with van der Waals surface area (Å²) in [6.45, 7) is 10.1. The number of para-hydroxylation sites is 2. The molecule has 7 rings (SSSR count). The minimum Gasteiger partial charge on any atom is -0.439 e. The fourth-order valence-corrected chi connectivity index (χ4v) is 6.24. The summed E-state index contributed by atoms with van der Waals surface area (Å²) in [5.74, 6) is 2.54. The molecule has 0 saturated heterocycles. The van der Waals surface area contributed by atoms with E-state index in [-0.39, 0.29) is 0 Å². The summed E-state index contributed by atoms with van der Waals surface area (Å²) >= 11 is 0. The lowest BCUT2D eigenvalue weighted by Gasteiger charge is -2.28. The van der Waals surface area contributed by atoms with Crippen LogP contribution >= 0.6 is 0 Å². The van der Waals surface area contributed by atoms with Crippen LogP contribution in [0, 0.1) is 13.8 Å². The van der Waals surface area contributed by atoms with E-state index in [1.807, 2.05) is 0 Å². The maximum atomic E-state index is 6.37. The highest BCUT2D eigenvalue weighted by molar-refractivity contribution is 5.78. The van der Waals surface area contributed by atoms with Crippen molar-refractivity contribution < 1.29 is 13.7 Å². The fourth-order valence-electron chi connectivity index (χ4n) is 6.24. The molecule has 0 atom stereocenters. The van der Waals surface area contributed by atoms with Crippen LogP contribution in [-0.4, -0.2) is 6.54 Å². The number of ether oxygens (including phenoxy) is 1. The van der Waals surface area contributed by atoms with Crippen LogP contribution in [0.4, 0.5) is 17.1 Å². The van der Waals surface area contributed by atoms with Crippen LogP contribution in [0.15, 0.2) is 155 Å². The quantitative estimate of drug-likeness (QED) is 0.165. The predicted molar refractivity (Wildman–Crippen MR) is 188 cm³/mol. The van der Waals surface area contributed by atoms with E-state index in [0.717, 1.165) is 75.6 Å². The SMILES string of the molecule is CCN1C(=CC=C2C=CC(C=Cc3oc4cc(C)ccc4[n+]3CC)=C2N(c2ccccc2)c2ccccc2)Oc2cc(C)ccc21. The summed E-state index contributed by atoms with van der Waals surface area (Å²) in [5, 5.41) is 0. The largest absolute Gasteiger partial charge is 0.439 e. The smallest absolute Gasteiger partial charge is 0.374 e. The van der Waals surface area contributed by atoms with Crippen LogP contribution in [-0.2, 0) is 6.54 Å². The molecule has 0 radical (unpaired) electrons. The number of hydrogen-bond donors (Lipinski definition) is 0. The molecule has 1 aliphatic heterocycles. The molecule has 5 heteroatoms. The zero-order valence-electron chi connectivity index (χ0n) is 26.8. The Hall–Kier alpha value is -5.55. The Labute approximate surface area is 271 Å². The number of allylic oxidation sites excluding steroid dienone is 6. The van der Waals surface area contributed by atoms with E-state index in [4.69, 9.17) is 9.15 Å². The van der Waals surface area contributed by atoms with Crippen LogP contribution in [0.1, 0.15) is 30.9 Å². The number of benzene rings is 4. The lowest BCUT2D eigenvalue weighted by Crippen LogP contribution is -2.33. The molecule has 0 saturated carbocycles. The summed E-state index contributed by atoms with van der Waals surface area (Å²) in [5.41, 5.74) is 10.8. The van der Waals surface area contributed by atoms with Gasteiger partial charge in [0.15, 0.2) is 5.75 Å². The monoisotopic (exact) mass is 604 g/mol. The molecule has 46 heavy (non-hydrogen) atoms. The lowest BCUT2D eigenvalue weighted by atomic mass is 10.1. The highest BCUT2D eigenvalue weighted by Gasteiger charge is 2.27. The lowest BCUT2D eigenvalue weighted by molar-refractivity contribution is -0.674. The number of hydrogen-bond acceptors (Lipinski definition) is 4. The molecule has 0 spiro atoms. The third-order valence-electron chi connectivity index (χ3n) is 8.46. The minimum absolute atomic E-state index is 0.812. The summed E-state index contributed by atoms with van der Waals surface area (Å²) in [7, 11) is 0. The van der Waals surface area contributed by atoms with Crippen LogP contribution in [0.5, 0.6) is 5.75 Å². The maximum Gasteiger partial charge on any atom is 0.374 e. The number of anilines is 3. The van der Waals surface area contributed by atoms with E-state index in [1.54, 1.807) is 0 Å². The van der Waals surface area contributed by atoms with Gasteiger partial charge in [0.1, 0.15) is 6.54 Å². The normalized spacial score (nSPS) is 16.0. The average molecular weight is 605 g/mol. The van der Waals surface area contributed by atoms with Gasteiger partial charge >= 0.3 is 5.89 Å². The number of oxazole rings is 1. The second-order valence-corrected chi connectivity index (χ2v) is 11.6. The van der Waals surface area contributed by atoms with Crippen LogP contribution in [0.3, 0.4) is 0 Å². The molecule has 0 fully saturated rings. The molecule has 2 aliphatic rings. The first-order valence-electron chi connectivity index (χ1n) is 16.0. The van der Waals surface area contributed by atoms with Crippen LogP contribution < -0.4 is 19.1 Å². The summed E-state index contributed by atoms with van der Waals surface area (Å²) < 4.78 is 15.0. The number of fused-ring (bicyclic) bond motifs is 2. The first kappa shape index (κ1) is 29.2. The molecular weight excluding hydrogens is 566 g/mol. The predicted octanol–water partition coefficient (Wildman–Crippen LogP) is 9.72. The van der Waals surface area contributed by atoms with E-state index in [2.05, 4.69) is 176 Å². The molecule has 0 amide bonds. The van der Waals surface area contributed by atoms with Gasteiger partial charge in [0.25, 0.3) is 5.52 Å². The van der Waals surface area contributed by atoms with E-state index in [1.165, 1.54) is 11.1 Å². The second-order valence-electron chi connectivity index (χ2n) is 11.6. The number of rotatable bonds is 8. The van der Waals surface area contributed by atoms with Gasteiger partial charge in [-0.3, -0.25) is 0 Å². The van der Waals surface area contributed by atoms with Crippen molar-refractivity contribution in [3.05, 3.63) is 167 Å². The van der Waals surface area contributed by atoms with Gasteiger partial charge in [-0.15, -0.1) is 0 Å². The average Bonchev–Trinajstić information content (AvgIpc) is 3.75. The Bertz CT molecular complexity index is 2020. The van der Waals surface area contributed by atoms with Crippen molar-refractivity contribution in [1.82, 2.24) is 0 Å². The van der Waals surface area contributed by atoms with Gasteiger partial charge in [-0.2, -0.15) is 4.57 Å². The molecular formula is C41H38N3O2+. The van der Waals surface area contributed by atoms with Crippen LogP contribution in [0.25, 0.3) is 17.2 Å². The fraction of sp³-hybridized carbons (Fsp3) is 0.146. The zero-order chi connectivity index (χ0) is 31.6. The molecule has 4 aromatic carbocycles. The molecule has 1 aliphatic carbocycles. The third kappa shape index (κ3) is 5.45. The standard InChI is InChI=1S/C41H38N3O2/c1-5-42-35-23-17-29(3)27-37(35)45-39(42)25-21-31-19-20-32(22-26-40-43(6-2)36-24-18-30(4)28-38(36)46-40)41(31)44(33-13-9-7-10-14-33)34-15-11-8-12-16-34/h7-28H,5-6H2,1-4H3/q+1. The Kier molecular flexibility index (Phi) is 7.90. The van der Waals surface area contributed by atoms with Crippen molar-refractivity contribution in [3.63, 3.8) is 0 Å². The van der Waals surface area contributed by atoms with E-state index >= 15 is 0 Å². The number of aromatic nitrogens is 1. The van der Waals surface area contributed by atoms with Gasteiger partial charge < -0.3 is 19.0 Å². The molecule has 0 N–H and O–H groups in total. The van der Waals surface area contributed by atoms with E-state index in [9.17, 15) is 0 Å². The highest BCUT2D eigenvalue weighted by atomic mass is 16.5. The Morgan fingerprint density at radius 1 is 0.761 bits per heavy atom. The number of aryl methyl sites for hydroxylation is 3. The summed E-state index contributed by atoms with van der Waals surface area (Å²) in [4.78, 5) is 4.54. The van der Waals surface area contributed by atoms with Crippen molar-refractivity contribution in [2.75, 3.05) is 16.3 Å². The zero-order valence-corrected chi connectivity index (χ0v) is 26.8. The van der Waals surface area contributed by atoms with Crippen molar-refractivity contribution >= 4 is 34.2 Å². The van der Waals surface area contributed by atoms with Gasteiger partial charge in [-0.05, 0) is 111 Å². The molecule has 1 aromatic heterocycles. The highest BCUT2D eigenvalue weighted by Crippen LogP contribution is 2.41. The van der Waals surface area contributed by atoms with Gasteiger partial charge in [-0.1, -0.05) is 60.7 Å². The Balaban J connectivity index is 1.36. The van der Waals surface area contributed by atoms with Crippen molar-refractivity contribution in [2.45, 2.75) is 34.2 Å². The molecule has 5 aromatic rings. The first-order valence-corrected chi connectivity index (χ1v) is 16.0. The van der Waals surface area contributed by atoms with E-state index < -0.39 is 0 Å². The second kappa shape index (κ2) is 12.4. The van der Waals surface area contributed by atoms with Crippen molar-refractivity contribution in [1.29, 1.82) is 0 Å². The molecule has 0 unspecified atom stereocenters. The summed E-state index contributed by atoms with van der Waals surface area (Å²) in [6, 6.07) is 33.8. The molecule has 2 heterocycles. The van der Waals surface area contributed by atoms with Crippen LogP contribution in [0.2, 0.25) is 0 Å². The van der Waals surface area contributed by atoms with Gasteiger partial charge in [0, 0.05) is 24.0 Å². The molecule has 0 bridgehead atoms. The molecule has 5 nitrogen and oxygen atoms in total. The third-order valence-corrected chi connectivity index (χ3v) is 8.46. The van der Waals surface area contributed by atoms with E-state index in [0.29, 0.717) is 0 Å². The summed E-state index contributed by atoms with van der Waals surface area (Å²) in [6.07, 6.45) is 12.9. The van der Waals surface area contributed by atoms with Crippen molar-refractivity contribution in [3.8, 4) is 5.75 Å². The Morgan fingerprint density at radius 2 is 1.46 bits per heavy atom. The van der Waals surface area contributed by atoms with Gasteiger partial charge in [-0.25, -0.2) is 0 Å². The number of nitrogens with zero attached hydrogens (tertiary/aromatic N) is 3. The first-order chi connectivity index (χ1) is 22.5. The van der Waals surface area contributed by atoms with Crippen molar-refractivity contribution in [2.24, 2.45) is 0 Å². The van der Waals surface area contributed by atoms with Gasteiger partial charge in [0.05, 0.1) is 17.5 Å². The topological polar surface area (TPSA) is 32.7 Å². The Morgan fingerprint density at radius 3 is 2.15 bits per heavy atom. The maximum absolute atomic E-state index is 6.37. The molecule has 228 valence electrons.